The second-order valence-electron chi connectivity index (χ2n) is 5.71. The summed E-state index contributed by atoms with van der Waals surface area (Å²) in [6, 6.07) is 8.33. The van der Waals surface area contributed by atoms with E-state index in [1.54, 1.807) is 0 Å². The van der Waals surface area contributed by atoms with Gasteiger partial charge in [0, 0.05) is 11.1 Å². The summed E-state index contributed by atoms with van der Waals surface area (Å²) in [4.78, 5) is 2.54. The fraction of sp³-hybridized carbons (Fsp3) is 0.529. The summed E-state index contributed by atoms with van der Waals surface area (Å²) in [5, 5.41) is 0.754. The first-order valence-electron chi connectivity index (χ1n) is 7.51. The lowest BCUT2D eigenvalue weighted by Gasteiger charge is -2.42. The molecular formula is C17H25ClN2. The summed E-state index contributed by atoms with van der Waals surface area (Å²) < 4.78 is 0. The van der Waals surface area contributed by atoms with Crippen molar-refractivity contribution in [1.29, 1.82) is 0 Å². The maximum absolute atomic E-state index is 6.86. The number of likely N-dealkylation sites (tertiary alicyclic amines) is 1. The van der Waals surface area contributed by atoms with Gasteiger partial charge in [0.1, 0.15) is 0 Å². The Bertz CT molecular complexity index is 437. The largest absolute Gasteiger partial charge is 0.320 e. The highest BCUT2D eigenvalue weighted by molar-refractivity contribution is 6.30. The Morgan fingerprint density at radius 2 is 1.95 bits per heavy atom. The lowest BCUT2D eigenvalue weighted by atomic mass is 9.79. The zero-order valence-electron chi connectivity index (χ0n) is 12.3. The Morgan fingerprint density at radius 1 is 1.35 bits per heavy atom. The predicted molar refractivity (Wildman–Crippen MR) is 87.0 cm³/mol. The molecule has 110 valence electrons. The van der Waals surface area contributed by atoms with E-state index in [0.717, 1.165) is 36.5 Å². The lowest BCUT2D eigenvalue weighted by molar-refractivity contribution is 0.141. The molecule has 2 rings (SSSR count). The molecule has 1 aromatic carbocycles. The summed E-state index contributed by atoms with van der Waals surface area (Å²) >= 11 is 6.01. The monoisotopic (exact) mass is 292 g/mol. The van der Waals surface area contributed by atoms with E-state index in [2.05, 4.69) is 30.5 Å². The number of nitrogens with two attached hydrogens (primary N) is 1. The minimum atomic E-state index is -0.384. The number of rotatable bonds is 6. The Hall–Kier alpha value is -0.830. The van der Waals surface area contributed by atoms with Crippen molar-refractivity contribution in [3.05, 3.63) is 47.5 Å². The highest BCUT2D eigenvalue weighted by Crippen LogP contribution is 2.34. The molecular weight excluding hydrogens is 268 g/mol. The molecule has 0 amide bonds. The van der Waals surface area contributed by atoms with Crippen molar-refractivity contribution in [3.8, 4) is 0 Å². The van der Waals surface area contributed by atoms with E-state index in [0.29, 0.717) is 6.04 Å². The summed E-state index contributed by atoms with van der Waals surface area (Å²) in [7, 11) is 0. The Balaban J connectivity index is 2.35. The highest BCUT2D eigenvalue weighted by Gasteiger charge is 2.38. The van der Waals surface area contributed by atoms with E-state index in [9.17, 15) is 0 Å². The zero-order valence-corrected chi connectivity index (χ0v) is 13.1. The zero-order chi connectivity index (χ0) is 14.6. The molecule has 1 aliphatic heterocycles. The van der Waals surface area contributed by atoms with Gasteiger partial charge >= 0.3 is 0 Å². The van der Waals surface area contributed by atoms with Gasteiger partial charge in [-0.2, -0.15) is 0 Å². The van der Waals surface area contributed by atoms with Crippen molar-refractivity contribution in [2.24, 2.45) is 5.73 Å². The van der Waals surface area contributed by atoms with Gasteiger partial charge in [-0.15, -0.1) is 6.58 Å². The first kappa shape index (κ1) is 15.6. The Kier molecular flexibility index (Phi) is 5.25. The standard InChI is InChI=1S/C17H25ClN2/c1-3-11-17(19,14-7-9-15(18)10-8-14)16(4-2)20-12-5-6-13-20/h3,7-10,16H,1,4-6,11-13,19H2,2H3. The second-order valence-corrected chi connectivity index (χ2v) is 6.14. The molecule has 1 fully saturated rings. The van der Waals surface area contributed by atoms with E-state index in [1.807, 2.05) is 18.2 Å². The normalized spacial score (nSPS) is 20.6. The van der Waals surface area contributed by atoms with Gasteiger partial charge in [0.05, 0.1) is 5.54 Å². The van der Waals surface area contributed by atoms with Crippen molar-refractivity contribution < 1.29 is 0 Å². The quantitative estimate of drug-likeness (QED) is 0.805. The second kappa shape index (κ2) is 6.75. The predicted octanol–water partition coefficient (Wildman–Crippen LogP) is 3.94. The van der Waals surface area contributed by atoms with Crippen molar-refractivity contribution in [1.82, 2.24) is 4.90 Å². The first-order chi connectivity index (χ1) is 9.61. The molecule has 0 saturated carbocycles. The van der Waals surface area contributed by atoms with Crippen LogP contribution >= 0.6 is 11.6 Å². The maximum atomic E-state index is 6.86. The smallest absolute Gasteiger partial charge is 0.0601 e. The van der Waals surface area contributed by atoms with Crippen molar-refractivity contribution in [3.63, 3.8) is 0 Å². The van der Waals surface area contributed by atoms with Crippen molar-refractivity contribution in [2.75, 3.05) is 13.1 Å². The van der Waals surface area contributed by atoms with Gasteiger partial charge in [0.2, 0.25) is 0 Å². The molecule has 1 aliphatic rings. The Morgan fingerprint density at radius 3 is 2.45 bits per heavy atom. The van der Waals surface area contributed by atoms with Crippen LogP contribution in [0.1, 0.15) is 38.2 Å². The average molecular weight is 293 g/mol. The third-order valence-electron chi connectivity index (χ3n) is 4.43. The average Bonchev–Trinajstić information content (AvgIpc) is 2.94. The van der Waals surface area contributed by atoms with E-state index < -0.39 is 0 Å². The van der Waals surface area contributed by atoms with Crippen LogP contribution in [0, 0.1) is 0 Å². The molecule has 0 aliphatic carbocycles. The minimum absolute atomic E-state index is 0.351. The van der Waals surface area contributed by atoms with Gasteiger partial charge in [-0.05, 0) is 56.5 Å². The van der Waals surface area contributed by atoms with E-state index in [1.165, 1.54) is 12.8 Å². The molecule has 20 heavy (non-hydrogen) atoms. The van der Waals surface area contributed by atoms with Gasteiger partial charge in [-0.25, -0.2) is 0 Å². The van der Waals surface area contributed by atoms with Crippen LogP contribution in [0.3, 0.4) is 0 Å². The molecule has 2 unspecified atom stereocenters. The fourth-order valence-corrected chi connectivity index (χ4v) is 3.57. The summed E-state index contributed by atoms with van der Waals surface area (Å²) in [5.41, 5.74) is 7.63. The number of benzene rings is 1. The number of halogens is 1. The highest BCUT2D eigenvalue weighted by atomic mass is 35.5. The minimum Gasteiger partial charge on any atom is -0.320 e. The number of nitrogens with zero attached hydrogens (tertiary/aromatic N) is 1. The van der Waals surface area contributed by atoms with Gasteiger partial charge in [0.25, 0.3) is 0 Å². The van der Waals surface area contributed by atoms with Crippen LogP contribution in [-0.2, 0) is 5.54 Å². The molecule has 0 aromatic heterocycles. The topological polar surface area (TPSA) is 29.3 Å². The first-order valence-corrected chi connectivity index (χ1v) is 7.89. The molecule has 0 spiro atoms. The van der Waals surface area contributed by atoms with Crippen molar-refractivity contribution in [2.45, 2.75) is 44.2 Å². The number of hydrogen-bond donors (Lipinski definition) is 1. The fourth-order valence-electron chi connectivity index (χ4n) is 3.45. The Labute approximate surface area is 127 Å². The van der Waals surface area contributed by atoms with Crippen LogP contribution in [0.2, 0.25) is 5.02 Å². The third kappa shape index (κ3) is 3.08. The van der Waals surface area contributed by atoms with Crippen LogP contribution < -0.4 is 5.73 Å². The summed E-state index contributed by atoms with van der Waals surface area (Å²) in [5.74, 6) is 0. The van der Waals surface area contributed by atoms with Crippen LogP contribution in [0.25, 0.3) is 0 Å². The molecule has 2 N–H and O–H groups in total. The lowest BCUT2D eigenvalue weighted by Crippen LogP contribution is -2.55. The summed E-state index contributed by atoms with van der Waals surface area (Å²) in [6.07, 6.45) is 6.33. The van der Waals surface area contributed by atoms with Gasteiger partial charge in [-0.3, -0.25) is 4.90 Å². The van der Waals surface area contributed by atoms with E-state index >= 15 is 0 Å². The third-order valence-corrected chi connectivity index (χ3v) is 4.68. The SMILES string of the molecule is C=CCC(N)(c1ccc(Cl)cc1)C(CC)N1CCCC1. The number of hydrogen-bond acceptors (Lipinski definition) is 2. The van der Waals surface area contributed by atoms with Crippen LogP contribution in [0.5, 0.6) is 0 Å². The summed E-state index contributed by atoms with van der Waals surface area (Å²) in [6.45, 7) is 8.44. The van der Waals surface area contributed by atoms with Crippen LogP contribution in [0.15, 0.2) is 36.9 Å². The molecule has 0 radical (unpaired) electrons. The van der Waals surface area contributed by atoms with Crippen LogP contribution in [0.4, 0.5) is 0 Å². The van der Waals surface area contributed by atoms with Crippen LogP contribution in [-0.4, -0.2) is 24.0 Å². The maximum Gasteiger partial charge on any atom is 0.0601 e. The molecule has 1 heterocycles. The van der Waals surface area contributed by atoms with Gasteiger partial charge < -0.3 is 5.73 Å². The molecule has 1 saturated heterocycles. The van der Waals surface area contributed by atoms with E-state index in [-0.39, 0.29) is 5.54 Å². The van der Waals surface area contributed by atoms with Gasteiger partial charge in [0.15, 0.2) is 0 Å². The molecule has 1 aromatic rings. The van der Waals surface area contributed by atoms with Gasteiger partial charge in [-0.1, -0.05) is 36.7 Å². The molecule has 3 heteroatoms. The van der Waals surface area contributed by atoms with E-state index in [4.69, 9.17) is 17.3 Å². The molecule has 2 atom stereocenters. The molecule has 2 nitrogen and oxygen atoms in total. The van der Waals surface area contributed by atoms with Crippen molar-refractivity contribution >= 4 is 11.6 Å². The molecule has 0 bridgehead atoms.